The van der Waals surface area contributed by atoms with Gasteiger partial charge in [0.25, 0.3) is 0 Å². The second-order valence-electron chi connectivity index (χ2n) is 4.10. The van der Waals surface area contributed by atoms with Gasteiger partial charge in [0.1, 0.15) is 0 Å². The molecule has 4 heterocycles. The third-order valence-electron chi connectivity index (χ3n) is 3.03. The molecule has 0 saturated heterocycles. The van der Waals surface area contributed by atoms with Gasteiger partial charge in [-0.2, -0.15) is 0 Å². The van der Waals surface area contributed by atoms with Gasteiger partial charge in [-0.25, -0.2) is 9.97 Å². The van der Waals surface area contributed by atoms with Crippen molar-refractivity contribution in [1.82, 2.24) is 19.9 Å². The van der Waals surface area contributed by atoms with Crippen molar-refractivity contribution in [2.45, 2.75) is 0 Å². The zero-order valence-corrected chi connectivity index (χ0v) is 9.41. The molecule has 0 spiro atoms. The molecule has 0 N–H and O–H groups in total. The van der Waals surface area contributed by atoms with Gasteiger partial charge in [0.05, 0.1) is 16.4 Å². The maximum absolute atomic E-state index is 4.44. The summed E-state index contributed by atoms with van der Waals surface area (Å²) in [6, 6.07) is 7.80. The van der Waals surface area contributed by atoms with Gasteiger partial charge in [-0.1, -0.05) is 0 Å². The molecule has 0 amide bonds. The SMILES string of the molecule is c1cnc2c(c1)cnc1ncc3cccnc3c12. The first-order valence-electron chi connectivity index (χ1n) is 5.67. The molecule has 0 atom stereocenters. The highest BCUT2D eigenvalue weighted by molar-refractivity contribution is 6.14. The van der Waals surface area contributed by atoms with Gasteiger partial charge in [0.15, 0.2) is 5.65 Å². The summed E-state index contributed by atoms with van der Waals surface area (Å²) in [4.78, 5) is 17.6. The molecule has 4 aromatic rings. The Bertz CT molecular complexity index is 816. The van der Waals surface area contributed by atoms with Gasteiger partial charge in [0, 0.05) is 35.6 Å². The maximum Gasteiger partial charge on any atom is 0.163 e. The van der Waals surface area contributed by atoms with Gasteiger partial charge in [-0.3, -0.25) is 9.97 Å². The van der Waals surface area contributed by atoms with Crippen LogP contribution >= 0.6 is 0 Å². The third kappa shape index (κ3) is 1.20. The normalized spacial score (nSPS) is 11.3. The van der Waals surface area contributed by atoms with Crippen LogP contribution in [0.25, 0.3) is 32.8 Å². The van der Waals surface area contributed by atoms with Crippen molar-refractivity contribution >= 4 is 32.8 Å². The van der Waals surface area contributed by atoms with Crippen LogP contribution in [0.3, 0.4) is 0 Å². The lowest BCUT2D eigenvalue weighted by Crippen LogP contribution is -1.90. The summed E-state index contributed by atoms with van der Waals surface area (Å²) in [6.07, 6.45) is 7.16. The fraction of sp³-hybridized carbons (Fsp3) is 0. The number of pyridine rings is 4. The third-order valence-corrected chi connectivity index (χ3v) is 3.03. The summed E-state index contributed by atoms with van der Waals surface area (Å²) in [5.41, 5.74) is 2.49. The first kappa shape index (κ1) is 9.41. The molecule has 0 aromatic carbocycles. The lowest BCUT2D eigenvalue weighted by Gasteiger charge is -2.04. The minimum absolute atomic E-state index is 0.687. The van der Waals surface area contributed by atoms with Crippen LogP contribution in [0.2, 0.25) is 0 Å². The van der Waals surface area contributed by atoms with Crippen LogP contribution < -0.4 is 0 Å². The van der Waals surface area contributed by atoms with Crippen molar-refractivity contribution in [3.8, 4) is 0 Å². The lowest BCUT2D eigenvalue weighted by atomic mass is 10.1. The van der Waals surface area contributed by atoms with Crippen molar-refractivity contribution < 1.29 is 0 Å². The molecule has 0 unspecified atom stereocenters. The first-order chi connectivity index (χ1) is 8.93. The Morgan fingerprint density at radius 1 is 0.667 bits per heavy atom. The molecule has 0 aliphatic heterocycles. The zero-order chi connectivity index (χ0) is 11.9. The number of hydrogen-bond acceptors (Lipinski definition) is 4. The smallest absolute Gasteiger partial charge is 0.163 e. The van der Waals surface area contributed by atoms with E-state index in [4.69, 9.17) is 0 Å². The van der Waals surface area contributed by atoms with E-state index in [1.54, 1.807) is 24.8 Å². The van der Waals surface area contributed by atoms with Crippen molar-refractivity contribution in [2.75, 3.05) is 0 Å². The highest BCUT2D eigenvalue weighted by Crippen LogP contribution is 2.26. The average molecular weight is 232 g/mol. The van der Waals surface area contributed by atoms with E-state index in [1.807, 2.05) is 24.3 Å². The molecule has 0 aliphatic rings. The van der Waals surface area contributed by atoms with Gasteiger partial charge in [0.2, 0.25) is 0 Å². The Morgan fingerprint density at radius 2 is 1.22 bits per heavy atom. The molecule has 4 aromatic heterocycles. The predicted molar refractivity (Wildman–Crippen MR) is 70.1 cm³/mol. The summed E-state index contributed by atoms with van der Waals surface area (Å²) < 4.78 is 0. The number of hydrogen-bond donors (Lipinski definition) is 0. The monoisotopic (exact) mass is 232 g/mol. The molecule has 0 aliphatic carbocycles. The molecular formula is C14H8N4. The largest absolute Gasteiger partial charge is 0.255 e. The molecule has 84 valence electrons. The van der Waals surface area contributed by atoms with Crippen LogP contribution in [0.1, 0.15) is 0 Å². The van der Waals surface area contributed by atoms with Gasteiger partial charge >= 0.3 is 0 Å². The van der Waals surface area contributed by atoms with Crippen LogP contribution in [-0.2, 0) is 0 Å². The number of nitrogens with zero attached hydrogens (tertiary/aromatic N) is 4. The van der Waals surface area contributed by atoms with E-state index in [-0.39, 0.29) is 0 Å². The quantitative estimate of drug-likeness (QED) is 0.437. The molecule has 4 rings (SSSR count). The summed E-state index contributed by atoms with van der Waals surface area (Å²) in [5, 5.41) is 2.93. The van der Waals surface area contributed by atoms with E-state index in [0.717, 1.165) is 27.2 Å². The van der Waals surface area contributed by atoms with Crippen molar-refractivity contribution in [3.63, 3.8) is 0 Å². The summed E-state index contributed by atoms with van der Waals surface area (Å²) in [6.45, 7) is 0. The Labute approximate surface area is 102 Å². The van der Waals surface area contributed by atoms with E-state index >= 15 is 0 Å². The second-order valence-corrected chi connectivity index (χ2v) is 4.10. The van der Waals surface area contributed by atoms with Gasteiger partial charge < -0.3 is 0 Å². The van der Waals surface area contributed by atoms with Crippen molar-refractivity contribution in [2.24, 2.45) is 0 Å². The number of rotatable bonds is 0. The second kappa shape index (κ2) is 3.43. The maximum atomic E-state index is 4.44. The Balaban J connectivity index is 2.38. The predicted octanol–water partition coefficient (Wildman–Crippen LogP) is 2.73. The Morgan fingerprint density at radius 3 is 1.78 bits per heavy atom. The average Bonchev–Trinajstić information content (AvgIpc) is 2.46. The van der Waals surface area contributed by atoms with Crippen molar-refractivity contribution in [3.05, 3.63) is 49.1 Å². The lowest BCUT2D eigenvalue weighted by molar-refractivity contribution is 1.29. The van der Waals surface area contributed by atoms with Crippen LogP contribution in [0.15, 0.2) is 49.1 Å². The van der Waals surface area contributed by atoms with Crippen LogP contribution in [0, 0.1) is 0 Å². The highest BCUT2D eigenvalue weighted by atomic mass is 14.9. The minimum atomic E-state index is 0.687. The summed E-state index contributed by atoms with van der Waals surface area (Å²) in [7, 11) is 0. The molecule has 0 radical (unpaired) electrons. The molecule has 4 heteroatoms. The van der Waals surface area contributed by atoms with E-state index in [2.05, 4.69) is 19.9 Å². The standard InChI is InChI=1S/C14H8N4/c1-3-9-7-17-14-11(12(9)15-5-1)13-10(8-18-14)4-2-6-16-13/h1-8H. The fourth-order valence-electron chi connectivity index (χ4n) is 2.21. The first-order valence-corrected chi connectivity index (χ1v) is 5.67. The topological polar surface area (TPSA) is 51.6 Å². The minimum Gasteiger partial charge on any atom is -0.255 e. The number of aromatic nitrogens is 4. The van der Waals surface area contributed by atoms with Crippen LogP contribution in [0.5, 0.6) is 0 Å². The van der Waals surface area contributed by atoms with E-state index in [9.17, 15) is 0 Å². The number of fused-ring (bicyclic) bond motifs is 5. The van der Waals surface area contributed by atoms with E-state index in [0.29, 0.717) is 5.65 Å². The molecule has 4 nitrogen and oxygen atoms in total. The van der Waals surface area contributed by atoms with Crippen molar-refractivity contribution in [1.29, 1.82) is 0 Å². The Kier molecular flexibility index (Phi) is 1.80. The molecule has 0 fully saturated rings. The fourth-order valence-corrected chi connectivity index (χ4v) is 2.21. The molecule has 0 saturated carbocycles. The van der Waals surface area contributed by atoms with E-state index in [1.165, 1.54) is 0 Å². The van der Waals surface area contributed by atoms with Gasteiger partial charge in [-0.05, 0) is 24.3 Å². The summed E-state index contributed by atoms with van der Waals surface area (Å²) >= 11 is 0. The summed E-state index contributed by atoms with van der Waals surface area (Å²) in [5.74, 6) is 0. The zero-order valence-electron chi connectivity index (χ0n) is 9.41. The Hall–Kier alpha value is -2.62. The molecule has 18 heavy (non-hydrogen) atoms. The van der Waals surface area contributed by atoms with E-state index < -0.39 is 0 Å². The van der Waals surface area contributed by atoms with Crippen LogP contribution in [0.4, 0.5) is 0 Å². The van der Waals surface area contributed by atoms with Crippen LogP contribution in [-0.4, -0.2) is 19.9 Å². The van der Waals surface area contributed by atoms with Gasteiger partial charge in [-0.15, -0.1) is 0 Å². The molecule has 0 bridgehead atoms. The highest BCUT2D eigenvalue weighted by Gasteiger charge is 2.08. The molecular weight excluding hydrogens is 224 g/mol.